The number of aromatic nitrogens is 5. The topological polar surface area (TPSA) is 65.6 Å². The van der Waals surface area contributed by atoms with E-state index in [4.69, 9.17) is 0 Å². The van der Waals surface area contributed by atoms with Crippen LogP contribution in [0.15, 0.2) is 16.9 Å². The summed E-state index contributed by atoms with van der Waals surface area (Å²) in [7, 11) is 1.86. The van der Waals surface area contributed by atoms with E-state index in [1.807, 2.05) is 14.0 Å². The number of aryl methyl sites for hydroxylation is 2. The standard InChI is InChI=1S/C12H15N5O/c1-8-3-6-11(18)17(14-8)7-10-13-12(9-4-5-9)15-16(10)2/h3,6,9H,4-5,7H2,1-2H3. The maximum atomic E-state index is 11.7. The molecule has 0 aromatic carbocycles. The van der Waals surface area contributed by atoms with Gasteiger partial charge in [-0.05, 0) is 25.8 Å². The van der Waals surface area contributed by atoms with Gasteiger partial charge in [0.1, 0.15) is 12.4 Å². The molecule has 0 saturated heterocycles. The fraction of sp³-hybridized carbons (Fsp3) is 0.500. The third-order valence-corrected chi connectivity index (χ3v) is 3.10. The zero-order valence-electron chi connectivity index (χ0n) is 10.5. The molecular formula is C12H15N5O. The second-order valence-electron chi connectivity index (χ2n) is 4.75. The highest BCUT2D eigenvalue weighted by Gasteiger charge is 2.28. The van der Waals surface area contributed by atoms with Crippen LogP contribution in [0.2, 0.25) is 0 Å². The van der Waals surface area contributed by atoms with Gasteiger partial charge in [-0.1, -0.05) is 0 Å². The van der Waals surface area contributed by atoms with Gasteiger partial charge in [0.2, 0.25) is 0 Å². The van der Waals surface area contributed by atoms with Crippen molar-refractivity contribution in [2.75, 3.05) is 0 Å². The Balaban J connectivity index is 1.91. The van der Waals surface area contributed by atoms with Crippen LogP contribution in [-0.2, 0) is 13.6 Å². The van der Waals surface area contributed by atoms with Crippen LogP contribution < -0.4 is 5.56 Å². The summed E-state index contributed by atoms with van der Waals surface area (Å²) in [5.41, 5.74) is 0.704. The van der Waals surface area contributed by atoms with E-state index in [0.717, 1.165) is 17.3 Å². The smallest absolute Gasteiger partial charge is 0.267 e. The predicted molar refractivity (Wildman–Crippen MR) is 65.3 cm³/mol. The van der Waals surface area contributed by atoms with E-state index in [2.05, 4.69) is 15.2 Å². The van der Waals surface area contributed by atoms with Gasteiger partial charge in [0.15, 0.2) is 5.82 Å². The first-order valence-electron chi connectivity index (χ1n) is 6.08. The van der Waals surface area contributed by atoms with Gasteiger partial charge < -0.3 is 0 Å². The van der Waals surface area contributed by atoms with Crippen molar-refractivity contribution < 1.29 is 0 Å². The molecule has 94 valence electrons. The van der Waals surface area contributed by atoms with Crippen LogP contribution in [0, 0.1) is 6.92 Å². The normalized spacial score (nSPS) is 15.0. The zero-order chi connectivity index (χ0) is 12.7. The third kappa shape index (κ3) is 2.05. The largest absolute Gasteiger partial charge is 0.268 e. The molecule has 2 aromatic heterocycles. The Bertz CT molecular complexity index is 638. The molecule has 3 rings (SSSR count). The lowest BCUT2D eigenvalue weighted by Crippen LogP contribution is -2.24. The summed E-state index contributed by atoms with van der Waals surface area (Å²) < 4.78 is 3.17. The van der Waals surface area contributed by atoms with E-state index in [1.165, 1.54) is 23.6 Å². The van der Waals surface area contributed by atoms with Gasteiger partial charge in [-0.15, -0.1) is 0 Å². The number of hydrogen-bond acceptors (Lipinski definition) is 4. The first-order valence-corrected chi connectivity index (χ1v) is 6.08. The summed E-state index contributed by atoms with van der Waals surface area (Å²) in [6, 6.07) is 3.24. The van der Waals surface area contributed by atoms with Crippen LogP contribution >= 0.6 is 0 Å². The van der Waals surface area contributed by atoms with Gasteiger partial charge in [0, 0.05) is 19.0 Å². The van der Waals surface area contributed by atoms with Crippen molar-refractivity contribution >= 4 is 0 Å². The number of hydrogen-bond donors (Lipinski definition) is 0. The van der Waals surface area contributed by atoms with Crippen LogP contribution in [-0.4, -0.2) is 24.5 Å². The van der Waals surface area contributed by atoms with Gasteiger partial charge in [-0.25, -0.2) is 9.67 Å². The van der Waals surface area contributed by atoms with Crippen LogP contribution in [0.25, 0.3) is 0 Å². The predicted octanol–water partition coefficient (Wildman–Crippen LogP) is 0.606. The average Bonchev–Trinajstić information content (AvgIpc) is 3.11. The van der Waals surface area contributed by atoms with Gasteiger partial charge in [-0.3, -0.25) is 9.48 Å². The minimum Gasteiger partial charge on any atom is -0.268 e. The van der Waals surface area contributed by atoms with E-state index in [1.54, 1.807) is 10.7 Å². The Morgan fingerprint density at radius 3 is 2.83 bits per heavy atom. The molecule has 1 saturated carbocycles. The van der Waals surface area contributed by atoms with Crippen molar-refractivity contribution in [3.63, 3.8) is 0 Å². The minimum atomic E-state index is -0.114. The van der Waals surface area contributed by atoms with Crippen molar-refractivity contribution in [3.8, 4) is 0 Å². The van der Waals surface area contributed by atoms with Crippen molar-refractivity contribution in [3.05, 3.63) is 39.8 Å². The molecule has 1 aliphatic carbocycles. The quantitative estimate of drug-likeness (QED) is 0.794. The molecule has 6 heteroatoms. The fourth-order valence-electron chi connectivity index (χ4n) is 1.89. The fourth-order valence-corrected chi connectivity index (χ4v) is 1.89. The number of nitrogens with zero attached hydrogens (tertiary/aromatic N) is 5. The molecule has 0 atom stereocenters. The summed E-state index contributed by atoms with van der Waals surface area (Å²) in [5, 5.41) is 8.59. The van der Waals surface area contributed by atoms with Crippen molar-refractivity contribution in [1.82, 2.24) is 24.5 Å². The molecule has 1 fully saturated rings. The second kappa shape index (κ2) is 4.04. The summed E-state index contributed by atoms with van der Waals surface area (Å²) in [6.45, 7) is 2.24. The Hall–Kier alpha value is -1.98. The maximum Gasteiger partial charge on any atom is 0.267 e. The van der Waals surface area contributed by atoms with E-state index in [9.17, 15) is 4.79 Å². The summed E-state index contributed by atoms with van der Waals surface area (Å²) >= 11 is 0. The Morgan fingerprint density at radius 2 is 2.11 bits per heavy atom. The highest BCUT2D eigenvalue weighted by Crippen LogP contribution is 2.37. The Morgan fingerprint density at radius 1 is 1.33 bits per heavy atom. The molecule has 0 amide bonds. The van der Waals surface area contributed by atoms with Gasteiger partial charge >= 0.3 is 0 Å². The molecule has 0 spiro atoms. The molecule has 0 radical (unpaired) electrons. The lowest BCUT2D eigenvalue weighted by Gasteiger charge is -2.03. The molecule has 0 unspecified atom stereocenters. The van der Waals surface area contributed by atoms with Crippen molar-refractivity contribution in [2.45, 2.75) is 32.2 Å². The first kappa shape index (κ1) is 11.1. The molecule has 2 aromatic rings. The van der Waals surface area contributed by atoms with Gasteiger partial charge in [-0.2, -0.15) is 10.2 Å². The molecule has 6 nitrogen and oxygen atoms in total. The van der Waals surface area contributed by atoms with Gasteiger partial charge in [0.05, 0.1) is 5.69 Å². The average molecular weight is 245 g/mol. The van der Waals surface area contributed by atoms with Crippen LogP contribution in [0.3, 0.4) is 0 Å². The molecule has 18 heavy (non-hydrogen) atoms. The summed E-state index contributed by atoms with van der Waals surface area (Å²) in [4.78, 5) is 16.2. The van der Waals surface area contributed by atoms with Crippen LogP contribution in [0.4, 0.5) is 0 Å². The van der Waals surface area contributed by atoms with E-state index in [-0.39, 0.29) is 5.56 Å². The lowest BCUT2D eigenvalue weighted by atomic mass is 10.4. The van der Waals surface area contributed by atoms with Gasteiger partial charge in [0.25, 0.3) is 5.56 Å². The number of rotatable bonds is 3. The van der Waals surface area contributed by atoms with E-state index < -0.39 is 0 Å². The molecule has 0 N–H and O–H groups in total. The maximum absolute atomic E-state index is 11.7. The lowest BCUT2D eigenvalue weighted by molar-refractivity contribution is 0.574. The SMILES string of the molecule is Cc1ccc(=O)n(Cc2nc(C3CC3)nn2C)n1. The highest BCUT2D eigenvalue weighted by molar-refractivity contribution is 5.06. The second-order valence-corrected chi connectivity index (χ2v) is 4.75. The highest BCUT2D eigenvalue weighted by atomic mass is 16.1. The first-order chi connectivity index (χ1) is 8.63. The summed E-state index contributed by atoms with van der Waals surface area (Å²) in [6.07, 6.45) is 2.35. The molecule has 1 aliphatic rings. The monoisotopic (exact) mass is 245 g/mol. The molecule has 2 heterocycles. The Labute approximate surface area is 104 Å². The van der Waals surface area contributed by atoms with Crippen LogP contribution in [0.1, 0.15) is 36.1 Å². The molecular weight excluding hydrogens is 230 g/mol. The third-order valence-electron chi connectivity index (χ3n) is 3.10. The minimum absolute atomic E-state index is 0.114. The van der Waals surface area contributed by atoms with Crippen LogP contribution in [0.5, 0.6) is 0 Å². The Kier molecular flexibility index (Phi) is 2.50. The molecule has 0 bridgehead atoms. The van der Waals surface area contributed by atoms with E-state index >= 15 is 0 Å². The van der Waals surface area contributed by atoms with Crippen molar-refractivity contribution in [1.29, 1.82) is 0 Å². The molecule has 0 aliphatic heterocycles. The van der Waals surface area contributed by atoms with E-state index in [0.29, 0.717) is 12.5 Å². The van der Waals surface area contributed by atoms with Crippen molar-refractivity contribution in [2.24, 2.45) is 7.05 Å². The zero-order valence-corrected chi connectivity index (χ0v) is 10.5. The summed E-state index contributed by atoms with van der Waals surface area (Å²) in [5.74, 6) is 2.19.